The summed E-state index contributed by atoms with van der Waals surface area (Å²) in [5.41, 5.74) is 0. The van der Waals surface area contributed by atoms with Crippen LogP contribution in [0.1, 0.15) is 27.2 Å². The van der Waals surface area contributed by atoms with Crippen molar-refractivity contribution in [3.05, 3.63) is 0 Å². The fraction of sp³-hybridized carbons (Fsp3) is 0.875. The Bertz CT molecular complexity index is 123. The Morgan fingerprint density at radius 3 is 2.45 bits per heavy atom. The molecule has 1 atom stereocenters. The van der Waals surface area contributed by atoms with Gasteiger partial charge in [-0.2, -0.15) is 0 Å². The zero-order valence-corrected chi connectivity index (χ0v) is 8.02. The minimum atomic E-state index is -0.477. The Morgan fingerprint density at radius 1 is 1.55 bits per heavy atom. The SMILES string of the molecule is CCOC(=O)C(Cl)CC(C)C. The van der Waals surface area contributed by atoms with Gasteiger partial charge in [0.05, 0.1) is 6.61 Å². The predicted octanol–water partition coefficient (Wildman–Crippen LogP) is 2.20. The second-order valence-corrected chi connectivity index (χ2v) is 3.38. The zero-order chi connectivity index (χ0) is 8.85. The summed E-state index contributed by atoms with van der Waals surface area (Å²) in [5.74, 6) is 0.129. The number of carbonyl (C=O) groups is 1. The summed E-state index contributed by atoms with van der Waals surface area (Å²) in [6.07, 6.45) is 0.681. The van der Waals surface area contributed by atoms with Gasteiger partial charge in [-0.15, -0.1) is 11.6 Å². The van der Waals surface area contributed by atoms with Gasteiger partial charge < -0.3 is 4.74 Å². The molecule has 66 valence electrons. The molecular weight excluding hydrogens is 164 g/mol. The molecule has 0 radical (unpaired) electrons. The van der Waals surface area contributed by atoms with Crippen LogP contribution in [0, 0.1) is 5.92 Å². The summed E-state index contributed by atoms with van der Waals surface area (Å²) in [7, 11) is 0. The minimum absolute atomic E-state index is 0.303. The Labute approximate surface area is 72.9 Å². The highest BCUT2D eigenvalue weighted by atomic mass is 35.5. The fourth-order valence-corrected chi connectivity index (χ4v) is 1.16. The zero-order valence-electron chi connectivity index (χ0n) is 7.26. The molecule has 0 aliphatic heterocycles. The van der Waals surface area contributed by atoms with Crippen LogP contribution < -0.4 is 0 Å². The molecular formula is C8H15ClO2. The van der Waals surface area contributed by atoms with E-state index in [-0.39, 0.29) is 5.97 Å². The summed E-state index contributed by atoms with van der Waals surface area (Å²) >= 11 is 5.73. The summed E-state index contributed by atoms with van der Waals surface area (Å²) in [6.45, 7) is 6.22. The number of ether oxygens (including phenoxy) is 1. The van der Waals surface area contributed by atoms with Crippen molar-refractivity contribution < 1.29 is 9.53 Å². The summed E-state index contributed by atoms with van der Waals surface area (Å²) in [6, 6.07) is 0. The number of carbonyl (C=O) groups excluding carboxylic acids is 1. The molecule has 0 aliphatic carbocycles. The minimum Gasteiger partial charge on any atom is -0.465 e. The first-order chi connectivity index (χ1) is 5.07. The normalized spacial score (nSPS) is 13.2. The molecule has 2 nitrogen and oxygen atoms in total. The maximum absolute atomic E-state index is 10.9. The molecule has 0 N–H and O–H groups in total. The first-order valence-electron chi connectivity index (χ1n) is 3.88. The largest absolute Gasteiger partial charge is 0.465 e. The van der Waals surface area contributed by atoms with E-state index in [1.54, 1.807) is 6.92 Å². The third-order valence-corrected chi connectivity index (χ3v) is 1.58. The topological polar surface area (TPSA) is 26.3 Å². The summed E-state index contributed by atoms with van der Waals surface area (Å²) in [5, 5.41) is -0.477. The number of halogens is 1. The van der Waals surface area contributed by atoms with Gasteiger partial charge in [-0.25, -0.2) is 0 Å². The van der Waals surface area contributed by atoms with Crippen LogP contribution in [0.5, 0.6) is 0 Å². The van der Waals surface area contributed by atoms with Crippen LogP contribution in [-0.2, 0) is 9.53 Å². The Morgan fingerprint density at radius 2 is 2.09 bits per heavy atom. The van der Waals surface area contributed by atoms with E-state index < -0.39 is 5.38 Å². The monoisotopic (exact) mass is 178 g/mol. The third kappa shape index (κ3) is 5.08. The van der Waals surface area contributed by atoms with E-state index in [9.17, 15) is 4.79 Å². The number of hydrogen-bond acceptors (Lipinski definition) is 2. The Hall–Kier alpha value is -0.240. The van der Waals surface area contributed by atoms with Gasteiger partial charge in [0.25, 0.3) is 0 Å². The standard InChI is InChI=1S/C8H15ClO2/c1-4-11-8(10)7(9)5-6(2)3/h6-7H,4-5H2,1-3H3. The lowest BCUT2D eigenvalue weighted by Gasteiger charge is -2.09. The number of hydrogen-bond donors (Lipinski definition) is 0. The maximum Gasteiger partial charge on any atom is 0.324 e. The van der Waals surface area contributed by atoms with E-state index in [2.05, 4.69) is 0 Å². The second-order valence-electron chi connectivity index (χ2n) is 2.85. The molecule has 0 fully saturated rings. The molecule has 0 saturated carbocycles. The first-order valence-corrected chi connectivity index (χ1v) is 4.32. The van der Waals surface area contributed by atoms with Crippen molar-refractivity contribution in [1.82, 2.24) is 0 Å². The van der Waals surface area contributed by atoms with Gasteiger partial charge in [0.1, 0.15) is 5.38 Å². The van der Waals surface area contributed by atoms with Crippen molar-refractivity contribution in [2.75, 3.05) is 6.61 Å². The van der Waals surface area contributed by atoms with Gasteiger partial charge in [0.2, 0.25) is 0 Å². The van der Waals surface area contributed by atoms with E-state index in [4.69, 9.17) is 16.3 Å². The molecule has 0 rings (SSSR count). The average molecular weight is 179 g/mol. The molecule has 0 saturated heterocycles. The van der Waals surface area contributed by atoms with Crippen LogP contribution in [0.25, 0.3) is 0 Å². The van der Waals surface area contributed by atoms with Crippen molar-refractivity contribution in [2.24, 2.45) is 5.92 Å². The highest BCUT2D eigenvalue weighted by Crippen LogP contribution is 2.11. The molecule has 0 heterocycles. The van der Waals surface area contributed by atoms with E-state index >= 15 is 0 Å². The van der Waals surface area contributed by atoms with Crippen molar-refractivity contribution in [3.8, 4) is 0 Å². The van der Waals surface area contributed by atoms with Crippen LogP contribution in [0.4, 0.5) is 0 Å². The van der Waals surface area contributed by atoms with E-state index in [1.807, 2.05) is 13.8 Å². The van der Waals surface area contributed by atoms with E-state index in [1.165, 1.54) is 0 Å². The van der Waals surface area contributed by atoms with Gasteiger partial charge >= 0.3 is 5.97 Å². The molecule has 0 bridgehead atoms. The lowest BCUT2D eigenvalue weighted by molar-refractivity contribution is -0.142. The van der Waals surface area contributed by atoms with Crippen LogP contribution >= 0.6 is 11.6 Å². The van der Waals surface area contributed by atoms with Crippen molar-refractivity contribution in [1.29, 1.82) is 0 Å². The number of alkyl halides is 1. The molecule has 0 aromatic rings. The second kappa shape index (κ2) is 5.42. The molecule has 0 spiro atoms. The molecule has 0 aromatic carbocycles. The van der Waals surface area contributed by atoms with Crippen molar-refractivity contribution in [2.45, 2.75) is 32.6 Å². The number of rotatable bonds is 4. The molecule has 0 amide bonds. The lowest BCUT2D eigenvalue weighted by atomic mass is 10.1. The average Bonchev–Trinajstić information content (AvgIpc) is 1.86. The Balaban J connectivity index is 3.64. The maximum atomic E-state index is 10.9. The van der Waals surface area contributed by atoms with Crippen LogP contribution in [0.2, 0.25) is 0 Å². The highest BCUT2D eigenvalue weighted by Gasteiger charge is 2.17. The van der Waals surface area contributed by atoms with Crippen LogP contribution in [-0.4, -0.2) is 18.0 Å². The molecule has 3 heteroatoms. The quantitative estimate of drug-likeness (QED) is 0.488. The molecule has 11 heavy (non-hydrogen) atoms. The number of esters is 1. The van der Waals surface area contributed by atoms with Gasteiger partial charge in [0, 0.05) is 0 Å². The Kier molecular flexibility index (Phi) is 5.30. The third-order valence-electron chi connectivity index (χ3n) is 1.22. The van der Waals surface area contributed by atoms with Gasteiger partial charge in [0.15, 0.2) is 0 Å². The van der Waals surface area contributed by atoms with Crippen molar-refractivity contribution in [3.63, 3.8) is 0 Å². The predicted molar refractivity (Wildman–Crippen MR) is 45.7 cm³/mol. The van der Waals surface area contributed by atoms with Crippen LogP contribution in [0.15, 0.2) is 0 Å². The summed E-state index contributed by atoms with van der Waals surface area (Å²) < 4.78 is 4.73. The molecule has 0 aliphatic rings. The van der Waals surface area contributed by atoms with Crippen LogP contribution in [0.3, 0.4) is 0 Å². The first kappa shape index (κ1) is 10.8. The van der Waals surface area contributed by atoms with Gasteiger partial charge in [-0.1, -0.05) is 13.8 Å². The van der Waals surface area contributed by atoms with Crippen molar-refractivity contribution >= 4 is 17.6 Å². The summed E-state index contributed by atoms with van der Waals surface area (Å²) in [4.78, 5) is 10.9. The van der Waals surface area contributed by atoms with E-state index in [0.29, 0.717) is 18.9 Å². The molecule has 1 unspecified atom stereocenters. The molecule has 0 aromatic heterocycles. The van der Waals surface area contributed by atoms with Gasteiger partial charge in [-0.3, -0.25) is 4.79 Å². The highest BCUT2D eigenvalue weighted by molar-refractivity contribution is 6.29. The smallest absolute Gasteiger partial charge is 0.324 e. The van der Waals surface area contributed by atoms with E-state index in [0.717, 1.165) is 0 Å². The van der Waals surface area contributed by atoms with Gasteiger partial charge in [-0.05, 0) is 19.3 Å². The fourth-order valence-electron chi connectivity index (χ4n) is 0.743. The lowest BCUT2D eigenvalue weighted by Crippen LogP contribution is -2.19.